The van der Waals surface area contributed by atoms with Crippen molar-refractivity contribution in [2.75, 3.05) is 26.2 Å². The molecule has 0 spiro atoms. The third-order valence-electron chi connectivity index (χ3n) is 5.25. The number of aromatic amines is 1. The van der Waals surface area contributed by atoms with Gasteiger partial charge in [0.05, 0.1) is 6.42 Å². The summed E-state index contributed by atoms with van der Waals surface area (Å²) in [7, 11) is 0. The molecule has 0 radical (unpaired) electrons. The predicted molar refractivity (Wildman–Crippen MR) is 89.1 cm³/mol. The monoisotopic (exact) mass is 317 g/mol. The number of carbonyl (C=O) groups is 2. The third kappa shape index (κ3) is 3.59. The van der Waals surface area contributed by atoms with E-state index in [1.54, 1.807) is 0 Å². The molecule has 1 aliphatic carbocycles. The lowest BCUT2D eigenvalue weighted by Gasteiger charge is -2.36. The average molecular weight is 317 g/mol. The summed E-state index contributed by atoms with van der Waals surface area (Å²) in [5, 5.41) is 0. The van der Waals surface area contributed by atoms with Crippen molar-refractivity contribution >= 4 is 11.8 Å². The second-order valence-electron chi connectivity index (χ2n) is 6.97. The van der Waals surface area contributed by atoms with Crippen LogP contribution in [0.5, 0.6) is 0 Å². The van der Waals surface area contributed by atoms with Gasteiger partial charge in [-0.3, -0.25) is 9.59 Å². The molecule has 1 aliphatic heterocycles. The van der Waals surface area contributed by atoms with Crippen molar-refractivity contribution in [2.24, 2.45) is 5.92 Å². The number of aromatic nitrogens is 1. The first kappa shape index (κ1) is 16.1. The molecule has 2 heterocycles. The van der Waals surface area contributed by atoms with E-state index in [0.29, 0.717) is 38.5 Å². The Hall–Kier alpha value is -1.78. The van der Waals surface area contributed by atoms with Crippen molar-refractivity contribution in [1.29, 1.82) is 0 Å². The zero-order valence-electron chi connectivity index (χ0n) is 14.2. The van der Waals surface area contributed by atoms with Crippen LogP contribution in [0.25, 0.3) is 0 Å². The lowest BCUT2D eigenvalue weighted by atomic mass is 10.1. The molecule has 1 saturated carbocycles. The van der Waals surface area contributed by atoms with E-state index < -0.39 is 0 Å². The van der Waals surface area contributed by atoms with E-state index >= 15 is 0 Å². The van der Waals surface area contributed by atoms with Crippen molar-refractivity contribution < 1.29 is 9.59 Å². The normalized spacial score (nSPS) is 19.4. The Morgan fingerprint density at radius 1 is 1.09 bits per heavy atom. The molecule has 1 N–H and O–H groups in total. The number of nitrogens with one attached hydrogen (secondary N) is 1. The van der Waals surface area contributed by atoms with Gasteiger partial charge in [-0.1, -0.05) is 12.8 Å². The molecule has 2 fully saturated rings. The summed E-state index contributed by atoms with van der Waals surface area (Å²) in [5.41, 5.74) is 3.25. The average Bonchev–Trinajstić information content (AvgIpc) is 3.17. The van der Waals surface area contributed by atoms with Crippen LogP contribution in [0, 0.1) is 19.8 Å². The minimum absolute atomic E-state index is 0.167. The Kier molecular flexibility index (Phi) is 4.74. The van der Waals surface area contributed by atoms with E-state index in [4.69, 9.17) is 0 Å². The molecule has 0 unspecified atom stereocenters. The Balaban J connectivity index is 1.51. The highest BCUT2D eigenvalue weighted by Gasteiger charge is 2.30. The lowest BCUT2D eigenvalue weighted by molar-refractivity contribution is -0.141. The van der Waals surface area contributed by atoms with Crippen molar-refractivity contribution in [1.82, 2.24) is 14.8 Å². The molecule has 3 rings (SSSR count). The van der Waals surface area contributed by atoms with Gasteiger partial charge in [0.25, 0.3) is 0 Å². The number of rotatable bonds is 3. The van der Waals surface area contributed by atoms with E-state index in [1.807, 2.05) is 29.7 Å². The van der Waals surface area contributed by atoms with Crippen molar-refractivity contribution in [2.45, 2.75) is 46.0 Å². The van der Waals surface area contributed by atoms with Gasteiger partial charge in [-0.05, 0) is 38.3 Å². The highest BCUT2D eigenvalue weighted by molar-refractivity contribution is 5.81. The molecule has 5 nitrogen and oxygen atoms in total. The first-order valence-corrected chi connectivity index (χ1v) is 8.76. The fourth-order valence-electron chi connectivity index (χ4n) is 3.85. The van der Waals surface area contributed by atoms with E-state index in [1.165, 1.54) is 12.8 Å². The maximum Gasteiger partial charge on any atom is 0.227 e. The highest BCUT2D eigenvalue weighted by Crippen LogP contribution is 2.27. The van der Waals surface area contributed by atoms with E-state index in [9.17, 15) is 9.59 Å². The Bertz CT molecular complexity index is 579. The van der Waals surface area contributed by atoms with Crippen LogP contribution in [0.1, 0.15) is 42.6 Å². The third-order valence-corrected chi connectivity index (χ3v) is 5.25. The molecule has 5 heteroatoms. The van der Waals surface area contributed by atoms with E-state index in [0.717, 1.165) is 29.8 Å². The summed E-state index contributed by atoms with van der Waals surface area (Å²) in [6.45, 7) is 6.72. The summed E-state index contributed by atoms with van der Waals surface area (Å²) in [4.78, 5) is 32.0. The predicted octanol–water partition coefficient (Wildman–Crippen LogP) is 2.04. The summed E-state index contributed by atoms with van der Waals surface area (Å²) in [5.74, 6) is 0.717. The number of H-pyrrole nitrogens is 1. The first-order chi connectivity index (χ1) is 11.0. The number of aryl methyl sites for hydroxylation is 2. The molecule has 23 heavy (non-hydrogen) atoms. The molecular formula is C18H27N3O2. The van der Waals surface area contributed by atoms with Gasteiger partial charge in [0.1, 0.15) is 0 Å². The van der Waals surface area contributed by atoms with Crippen LogP contribution >= 0.6 is 0 Å². The number of hydrogen-bond donors (Lipinski definition) is 1. The number of carbonyl (C=O) groups excluding carboxylic acids is 2. The van der Waals surface area contributed by atoms with Crippen LogP contribution in [0.4, 0.5) is 0 Å². The van der Waals surface area contributed by atoms with Gasteiger partial charge >= 0.3 is 0 Å². The van der Waals surface area contributed by atoms with E-state index in [2.05, 4.69) is 4.98 Å². The van der Waals surface area contributed by atoms with Gasteiger partial charge in [0.15, 0.2) is 0 Å². The topological polar surface area (TPSA) is 56.4 Å². The number of nitrogens with zero attached hydrogens (tertiary/aromatic N) is 2. The zero-order chi connectivity index (χ0) is 16.4. The molecular weight excluding hydrogens is 290 g/mol. The fraction of sp³-hybridized carbons (Fsp3) is 0.667. The molecule has 0 bridgehead atoms. The largest absolute Gasteiger partial charge is 0.362 e. The molecule has 2 amide bonds. The van der Waals surface area contributed by atoms with Gasteiger partial charge in [0.2, 0.25) is 11.8 Å². The lowest BCUT2D eigenvalue weighted by Crippen LogP contribution is -2.52. The van der Waals surface area contributed by atoms with Gasteiger partial charge in [-0.15, -0.1) is 0 Å². The number of amides is 2. The second-order valence-corrected chi connectivity index (χ2v) is 6.97. The van der Waals surface area contributed by atoms with Crippen LogP contribution in [0.2, 0.25) is 0 Å². The quantitative estimate of drug-likeness (QED) is 0.927. The van der Waals surface area contributed by atoms with Gasteiger partial charge in [-0.2, -0.15) is 0 Å². The summed E-state index contributed by atoms with van der Waals surface area (Å²) < 4.78 is 0. The molecule has 0 atom stereocenters. The summed E-state index contributed by atoms with van der Waals surface area (Å²) in [6, 6.07) is 2.05. The molecule has 0 aromatic carbocycles. The molecule has 2 aliphatic rings. The smallest absolute Gasteiger partial charge is 0.227 e. The Labute approximate surface area is 138 Å². The number of hydrogen-bond acceptors (Lipinski definition) is 2. The van der Waals surface area contributed by atoms with Crippen molar-refractivity contribution in [3.05, 3.63) is 23.0 Å². The highest BCUT2D eigenvalue weighted by atomic mass is 16.2. The van der Waals surface area contributed by atoms with Gasteiger partial charge in [-0.25, -0.2) is 0 Å². The van der Waals surface area contributed by atoms with Crippen LogP contribution in [0.15, 0.2) is 6.07 Å². The number of piperazine rings is 1. The van der Waals surface area contributed by atoms with Crippen LogP contribution in [0.3, 0.4) is 0 Å². The Morgan fingerprint density at radius 2 is 1.70 bits per heavy atom. The van der Waals surface area contributed by atoms with Gasteiger partial charge < -0.3 is 14.8 Å². The molecule has 1 aromatic rings. The second kappa shape index (κ2) is 6.77. The van der Waals surface area contributed by atoms with Crippen molar-refractivity contribution in [3.63, 3.8) is 0 Å². The minimum atomic E-state index is 0.167. The summed E-state index contributed by atoms with van der Waals surface area (Å²) in [6.07, 6.45) is 4.91. The SMILES string of the molecule is Cc1cc(CC(=O)N2CCN(C(=O)C3CCCC3)CC2)c(C)[nH]1. The van der Waals surface area contributed by atoms with Crippen LogP contribution in [-0.4, -0.2) is 52.8 Å². The molecule has 1 aromatic heterocycles. The van der Waals surface area contributed by atoms with E-state index in [-0.39, 0.29) is 11.8 Å². The molecule has 1 saturated heterocycles. The standard InChI is InChI=1S/C18H27N3O2/c1-13-11-16(14(2)19-13)12-17(22)20-7-9-21(10-8-20)18(23)15-5-3-4-6-15/h11,15,19H,3-10,12H2,1-2H3. The summed E-state index contributed by atoms with van der Waals surface area (Å²) >= 11 is 0. The van der Waals surface area contributed by atoms with Crippen molar-refractivity contribution in [3.8, 4) is 0 Å². The maximum atomic E-state index is 12.5. The Morgan fingerprint density at radius 3 is 2.26 bits per heavy atom. The molecule has 126 valence electrons. The zero-order valence-corrected chi connectivity index (χ0v) is 14.2. The first-order valence-electron chi connectivity index (χ1n) is 8.76. The van der Waals surface area contributed by atoms with Gasteiger partial charge in [0, 0.05) is 43.5 Å². The maximum absolute atomic E-state index is 12.5. The fourth-order valence-corrected chi connectivity index (χ4v) is 3.85. The van der Waals surface area contributed by atoms with Crippen LogP contribution in [-0.2, 0) is 16.0 Å². The minimum Gasteiger partial charge on any atom is -0.362 e. The van der Waals surface area contributed by atoms with Crippen LogP contribution < -0.4 is 0 Å².